The number of piperidine rings is 1. The van der Waals surface area contributed by atoms with Crippen LogP contribution in [0.15, 0.2) is 0 Å². The summed E-state index contributed by atoms with van der Waals surface area (Å²) >= 11 is 0. The van der Waals surface area contributed by atoms with Crippen molar-refractivity contribution in [2.75, 3.05) is 20.3 Å². The Morgan fingerprint density at radius 1 is 1.56 bits per heavy atom. The van der Waals surface area contributed by atoms with Gasteiger partial charge in [0.25, 0.3) is 0 Å². The molecular weight excluding hydrogens is 114 g/mol. The molecule has 0 aromatic heterocycles. The Morgan fingerprint density at radius 2 is 2.44 bits per heavy atom. The first-order valence-corrected chi connectivity index (χ1v) is 3.59. The molecule has 1 heterocycles. The molecule has 1 aliphatic rings. The fourth-order valence-electron chi connectivity index (χ4n) is 1.19. The number of methoxy groups -OCH3 is 1. The van der Waals surface area contributed by atoms with Crippen molar-refractivity contribution in [1.82, 2.24) is 5.32 Å². The minimum Gasteiger partial charge on any atom is -0.383 e. The lowest BCUT2D eigenvalue weighted by atomic mass is 10.1. The molecule has 0 bridgehead atoms. The molecule has 0 spiro atoms. The van der Waals surface area contributed by atoms with Crippen LogP contribution < -0.4 is 5.32 Å². The number of hydrogen-bond acceptors (Lipinski definition) is 1. The quantitative estimate of drug-likeness (QED) is 0.539. The van der Waals surface area contributed by atoms with Crippen LogP contribution in [0.4, 0.5) is 0 Å². The summed E-state index contributed by atoms with van der Waals surface area (Å²) < 4.78 is 4.99. The van der Waals surface area contributed by atoms with E-state index in [2.05, 4.69) is 5.32 Å². The number of hydrogen-bond donors (Lipinski definition) is 0. The minimum atomic E-state index is 0.503. The van der Waals surface area contributed by atoms with E-state index in [0.29, 0.717) is 6.04 Å². The molecule has 0 saturated carbocycles. The van der Waals surface area contributed by atoms with Gasteiger partial charge in [-0.3, -0.25) is 0 Å². The Hall–Kier alpha value is -0.0800. The lowest BCUT2D eigenvalue weighted by Gasteiger charge is -2.20. The van der Waals surface area contributed by atoms with Gasteiger partial charge in [-0.05, 0) is 12.8 Å². The molecule has 0 aromatic rings. The highest BCUT2D eigenvalue weighted by Gasteiger charge is 2.12. The summed E-state index contributed by atoms with van der Waals surface area (Å²) in [5, 5.41) is 4.39. The van der Waals surface area contributed by atoms with Gasteiger partial charge in [-0.1, -0.05) is 6.42 Å². The van der Waals surface area contributed by atoms with Gasteiger partial charge in [-0.25, -0.2) is 5.32 Å². The van der Waals surface area contributed by atoms with E-state index in [1.165, 1.54) is 19.3 Å². The molecule has 1 saturated heterocycles. The van der Waals surface area contributed by atoms with Gasteiger partial charge in [0.2, 0.25) is 0 Å². The summed E-state index contributed by atoms with van der Waals surface area (Å²) in [6, 6.07) is 0.503. The second-order valence-corrected chi connectivity index (χ2v) is 2.51. The van der Waals surface area contributed by atoms with E-state index in [9.17, 15) is 0 Å². The van der Waals surface area contributed by atoms with Crippen molar-refractivity contribution >= 4 is 0 Å². The van der Waals surface area contributed by atoms with E-state index >= 15 is 0 Å². The van der Waals surface area contributed by atoms with Gasteiger partial charge in [0.1, 0.15) is 0 Å². The molecule has 1 fully saturated rings. The third kappa shape index (κ3) is 2.33. The third-order valence-electron chi connectivity index (χ3n) is 1.69. The smallest absolute Gasteiger partial charge is 0.0632 e. The van der Waals surface area contributed by atoms with Crippen molar-refractivity contribution in [2.24, 2.45) is 0 Å². The average Bonchev–Trinajstić information content (AvgIpc) is 1.91. The predicted molar refractivity (Wildman–Crippen MR) is 36.5 cm³/mol. The Labute approximate surface area is 56.6 Å². The maximum atomic E-state index is 4.99. The minimum absolute atomic E-state index is 0.503. The van der Waals surface area contributed by atoms with Crippen LogP contribution in [0.25, 0.3) is 0 Å². The first-order chi connectivity index (χ1) is 4.43. The Kier molecular flexibility index (Phi) is 3.01. The maximum Gasteiger partial charge on any atom is 0.0632 e. The van der Waals surface area contributed by atoms with Crippen LogP contribution >= 0.6 is 0 Å². The average molecular weight is 128 g/mol. The molecule has 1 aliphatic heterocycles. The second-order valence-electron chi connectivity index (χ2n) is 2.51. The zero-order valence-electron chi connectivity index (χ0n) is 5.97. The first kappa shape index (κ1) is 7.03. The van der Waals surface area contributed by atoms with Crippen LogP contribution in [0, 0.1) is 0 Å². The number of nitrogens with zero attached hydrogens (tertiary/aromatic N) is 1. The van der Waals surface area contributed by atoms with E-state index in [1.54, 1.807) is 7.11 Å². The molecule has 0 N–H and O–H groups in total. The highest BCUT2D eigenvalue weighted by Crippen LogP contribution is 2.07. The predicted octanol–water partition coefficient (Wildman–Crippen LogP) is 0.790. The second kappa shape index (κ2) is 3.85. The topological polar surface area (TPSA) is 23.3 Å². The summed E-state index contributed by atoms with van der Waals surface area (Å²) in [6.07, 6.45) is 3.84. The van der Waals surface area contributed by atoms with Crippen LogP contribution in [0.1, 0.15) is 19.3 Å². The normalized spacial score (nSPS) is 28.3. The zero-order valence-corrected chi connectivity index (χ0v) is 5.97. The third-order valence-corrected chi connectivity index (χ3v) is 1.69. The summed E-state index contributed by atoms with van der Waals surface area (Å²) in [4.78, 5) is 0. The SMILES string of the molecule is COCC1CCCC[N]1. The molecule has 2 nitrogen and oxygen atoms in total. The van der Waals surface area contributed by atoms with Crippen LogP contribution in [-0.4, -0.2) is 26.3 Å². The lowest BCUT2D eigenvalue weighted by Crippen LogP contribution is -2.31. The van der Waals surface area contributed by atoms with Gasteiger partial charge < -0.3 is 4.74 Å². The van der Waals surface area contributed by atoms with Gasteiger partial charge in [-0.2, -0.15) is 0 Å². The first-order valence-electron chi connectivity index (χ1n) is 3.59. The van der Waals surface area contributed by atoms with Crippen LogP contribution in [0.5, 0.6) is 0 Å². The number of ether oxygens (including phenoxy) is 1. The summed E-state index contributed by atoms with van der Waals surface area (Å²) in [7, 11) is 1.74. The van der Waals surface area contributed by atoms with E-state index in [4.69, 9.17) is 4.74 Å². The van der Waals surface area contributed by atoms with Gasteiger partial charge >= 0.3 is 0 Å². The van der Waals surface area contributed by atoms with Crippen molar-refractivity contribution in [2.45, 2.75) is 25.3 Å². The van der Waals surface area contributed by atoms with E-state index in [-0.39, 0.29) is 0 Å². The largest absolute Gasteiger partial charge is 0.383 e. The fourth-order valence-corrected chi connectivity index (χ4v) is 1.19. The van der Waals surface area contributed by atoms with Crippen molar-refractivity contribution in [1.29, 1.82) is 0 Å². The van der Waals surface area contributed by atoms with E-state index in [1.807, 2.05) is 0 Å². The molecule has 1 radical (unpaired) electrons. The molecule has 1 atom stereocenters. The Bertz CT molecular complexity index is 66.6. The number of rotatable bonds is 2. The monoisotopic (exact) mass is 128 g/mol. The molecule has 1 rings (SSSR count). The maximum absolute atomic E-state index is 4.99. The molecule has 0 aromatic carbocycles. The highest BCUT2D eigenvalue weighted by molar-refractivity contribution is 4.70. The van der Waals surface area contributed by atoms with Crippen molar-refractivity contribution < 1.29 is 4.74 Å². The molecule has 53 valence electrons. The standard InChI is InChI=1S/C7H14NO/c1-9-6-7-4-2-3-5-8-7/h7H,2-6H2,1H3. The van der Waals surface area contributed by atoms with Crippen molar-refractivity contribution in [3.05, 3.63) is 0 Å². The molecule has 2 heteroatoms. The van der Waals surface area contributed by atoms with Crippen LogP contribution in [0.3, 0.4) is 0 Å². The van der Waals surface area contributed by atoms with Crippen LogP contribution in [0.2, 0.25) is 0 Å². The van der Waals surface area contributed by atoms with Crippen molar-refractivity contribution in [3.8, 4) is 0 Å². The molecule has 0 amide bonds. The van der Waals surface area contributed by atoms with E-state index in [0.717, 1.165) is 13.2 Å². The fraction of sp³-hybridized carbons (Fsp3) is 1.00. The van der Waals surface area contributed by atoms with Crippen LogP contribution in [-0.2, 0) is 4.74 Å². The summed E-state index contributed by atoms with van der Waals surface area (Å²) in [5.41, 5.74) is 0. The van der Waals surface area contributed by atoms with Crippen molar-refractivity contribution in [3.63, 3.8) is 0 Å². The summed E-state index contributed by atoms with van der Waals surface area (Å²) in [6.45, 7) is 1.87. The molecule has 9 heavy (non-hydrogen) atoms. The molecule has 1 unspecified atom stereocenters. The molecule has 0 aliphatic carbocycles. The lowest BCUT2D eigenvalue weighted by molar-refractivity contribution is 0.152. The Morgan fingerprint density at radius 3 is 3.00 bits per heavy atom. The van der Waals surface area contributed by atoms with Gasteiger partial charge in [0, 0.05) is 19.7 Å². The Balaban J connectivity index is 2.08. The van der Waals surface area contributed by atoms with E-state index < -0.39 is 0 Å². The zero-order chi connectivity index (χ0) is 6.53. The van der Waals surface area contributed by atoms with Gasteiger partial charge in [0.05, 0.1) is 6.61 Å². The van der Waals surface area contributed by atoms with Gasteiger partial charge in [0.15, 0.2) is 0 Å². The molecular formula is C7H14NO. The van der Waals surface area contributed by atoms with Gasteiger partial charge in [-0.15, -0.1) is 0 Å². The summed E-state index contributed by atoms with van der Waals surface area (Å²) in [5.74, 6) is 0. The highest BCUT2D eigenvalue weighted by atomic mass is 16.5.